The van der Waals surface area contributed by atoms with Gasteiger partial charge in [-0.2, -0.15) is 0 Å². The second-order valence-corrected chi connectivity index (χ2v) is 6.74. The molecule has 102 valence electrons. The van der Waals surface area contributed by atoms with E-state index in [2.05, 4.69) is 22.9 Å². The predicted octanol–water partition coefficient (Wildman–Crippen LogP) is 2.70. The molecule has 1 aromatic carbocycles. The lowest BCUT2D eigenvalue weighted by Crippen LogP contribution is -2.32. The third-order valence-electron chi connectivity index (χ3n) is 4.90. The Balaban J connectivity index is 2.01. The van der Waals surface area contributed by atoms with E-state index in [1.54, 1.807) is 0 Å². The maximum absolute atomic E-state index is 6.28. The molecule has 0 amide bonds. The molecule has 0 spiro atoms. The molecular weight excluding hydrogens is 306 g/mol. The molecule has 1 saturated carbocycles. The van der Waals surface area contributed by atoms with Crippen molar-refractivity contribution < 1.29 is 9.47 Å². The van der Waals surface area contributed by atoms with Crippen LogP contribution >= 0.6 is 15.9 Å². The lowest BCUT2D eigenvalue weighted by molar-refractivity contribution is 0.347. The molecule has 3 aliphatic rings. The van der Waals surface area contributed by atoms with Crippen LogP contribution in [0.25, 0.3) is 0 Å². The topological polar surface area (TPSA) is 44.5 Å². The fraction of sp³-hybridized carbons (Fsp3) is 0.600. The van der Waals surface area contributed by atoms with Gasteiger partial charge >= 0.3 is 0 Å². The number of benzene rings is 1. The van der Waals surface area contributed by atoms with Crippen LogP contribution in [0.3, 0.4) is 0 Å². The Morgan fingerprint density at radius 1 is 1.11 bits per heavy atom. The van der Waals surface area contributed by atoms with Crippen LogP contribution in [-0.4, -0.2) is 19.3 Å². The van der Waals surface area contributed by atoms with E-state index >= 15 is 0 Å². The lowest BCUT2D eigenvalue weighted by Gasteiger charge is -2.25. The number of hydrogen-bond donors (Lipinski definition) is 1. The molecule has 4 heteroatoms. The summed E-state index contributed by atoms with van der Waals surface area (Å²) in [5.41, 5.74) is 10.4. The molecule has 19 heavy (non-hydrogen) atoms. The minimum atomic E-state index is 0.132. The van der Waals surface area contributed by atoms with Gasteiger partial charge in [-0.25, -0.2) is 0 Å². The normalized spacial score (nSPS) is 23.3. The average molecular weight is 324 g/mol. The Morgan fingerprint density at radius 3 is 2.37 bits per heavy atom. The zero-order valence-corrected chi connectivity index (χ0v) is 12.7. The second kappa shape index (κ2) is 3.89. The zero-order chi connectivity index (χ0) is 13.2. The molecule has 1 aliphatic carbocycles. The van der Waals surface area contributed by atoms with Crippen LogP contribution in [0.4, 0.5) is 0 Å². The van der Waals surface area contributed by atoms with Crippen LogP contribution in [0.5, 0.6) is 11.5 Å². The number of nitrogens with two attached hydrogens (primary N) is 1. The van der Waals surface area contributed by atoms with Gasteiger partial charge in [0.1, 0.15) is 11.5 Å². The van der Waals surface area contributed by atoms with Gasteiger partial charge in [-0.05, 0) is 35.7 Å². The molecule has 1 unspecified atom stereocenters. The number of fused-ring (bicyclic) bond motifs is 2. The van der Waals surface area contributed by atoms with Crippen molar-refractivity contribution in [1.29, 1.82) is 0 Å². The van der Waals surface area contributed by atoms with Crippen molar-refractivity contribution in [2.45, 2.75) is 44.1 Å². The summed E-state index contributed by atoms with van der Waals surface area (Å²) in [7, 11) is 0. The van der Waals surface area contributed by atoms with E-state index in [1.807, 2.05) is 0 Å². The summed E-state index contributed by atoms with van der Waals surface area (Å²) in [6.45, 7) is 3.68. The fourth-order valence-electron chi connectivity index (χ4n) is 3.65. The first-order valence-electron chi connectivity index (χ1n) is 7.04. The van der Waals surface area contributed by atoms with E-state index in [9.17, 15) is 0 Å². The second-order valence-electron chi connectivity index (χ2n) is 5.95. The van der Waals surface area contributed by atoms with E-state index < -0.39 is 0 Å². The molecule has 0 saturated heterocycles. The minimum absolute atomic E-state index is 0.132. The monoisotopic (exact) mass is 323 g/mol. The standard InChI is InChI=1S/C15H18BrNO2/c1-8(17)15(4-5-15)11-9-2-6-19-14(9)12(16)10-3-7-18-13(10)11/h8H,2-7,17H2,1H3. The highest BCUT2D eigenvalue weighted by Crippen LogP contribution is 2.59. The van der Waals surface area contributed by atoms with Gasteiger partial charge in [-0.3, -0.25) is 0 Å². The first-order valence-corrected chi connectivity index (χ1v) is 7.83. The molecule has 3 nitrogen and oxygen atoms in total. The van der Waals surface area contributed by atoms with Gasteiger partial charge in [0.2, 0.25) is 0 Å². The molecule has 1 aromatic rings. The van der Waals surface area contributed by atoms with E-state index in [0.717, 1.165) is 42.0 Å². The highest BCUT2D eigenvalue weighted by Gasteiger charge is 2.52. The molecule has 0 aromatic heterocycles. The smallest absolute Gasteiger partial charge is 0.137 e. The van der Waals surface area contributed by atoms with Gasteiger partial charge in [-0.1, -0.05) is 0 Å². The van der Waals surface area contributed by atoms with Crippen molar-refractivity contribution in [3.05, 3.63) is 21.2 Å². The van der Waals surface area contributed by atoms with Gasteiger partial charge in [0.15, 0.2) is 0 Å². The zero-order valence-electron chi connectivity index (χ0n) is 11.1. The number of rotatable bonds is 2. The summed E-state index contributed by atoms with van der Waals surface area (Å²) in [5.74, 6) is 2.15. The van der Waals surface area contributed by atoms with Crippen molar-refractivity contribution in [2.75, 3.05) is 13.2 Å². The van der Waals surface area contributed by atoms with Crippen LogP contribution in [-0.2, 0) is 18.3 Å². The number of hydrogen-bond acceptors (Lipinski definition) is 3. The van der Waals surface area contributed by atoms with Crippen molar-refractivity contribution >= 4 is 15.9 Å². The Kier molecular flexibility index (Phi) is 2.46. The van der Waals surface area contributed by atoms with Crippen LogP contribution < -0.4 is 15.2 Å². The quantitative estimate of drug-likeness (QED) is 0.910. The largest absolute Gasteiger partial charge is 0.493 e. The molecule has 0 radical (unpaired) electrons. The van der Waals surface area contributed by atoms with Crippen molar-refractivity contribution in [3.8, 4) is 11.5 Å². The van der Waals surface area contributed by atoms with Crippen LogP contribution in [0.15, 0.2) is 4.47 Å². The van der Waals surface area contributed by atoms with Crippen LogP contribution in [0, 0.1) is 0 Å². The highest BCUT2D eigenvalue weighted by molar-refractivity contribution is 9.10. The Bertz CT molecular complexity index is 529. The lowest BCUT2D eigenvalue weighted by atomic mass is 9.83. The molecule has 2 N–H and O–H groups in total. The summed E-state index contributed by atoms with van der Waals surface area (Å²) >= 11 is 3.71. The fourth-order valence-corrected chi connectivity index (χ4v) is 4.38. The van der Waals surface area contributed by atoms with Crippen molar-refractivity contribution in [1.82, 2.24) is 0 Å². The maximum atomic E-state index is 6.28. The predicted molar refractivity (Wildman–Crippen MR) is 77.1 cm³/mol. The first kappa shape index (κ1) is 12.0. The summed E-state index contributed by atoms with van der Waals surface area (Å²) in [4.78, 5) is 0. The van der Waals surface area contributed by atoms with Crippen molar-refractivity contribution in [2.24, 2.45) is 5.73 Å². The first-order chi connectivity index (χ1) is 9.15. The van der Waals surface area contributed by atoms with E-state index in [0.29, 0.717) is 0 Å². The molecule has 1 fully saturated rings. The van der Waals surface area contributed by atoms with Crippen molar-refractivity contribution in [3.63, 3.8) is 0 Å². The SMILES string of the molecule is CC(N)C1(c2c3c(c(Br)c4c2OCC4)OCC3)CC1. The van der Waals surface area contributed by atoms with Gasteiger partial charge in [-0.15, -0.1) is 0 Å². The minimum Gasteiger partial charge on any atom is -0.493 e. The Labute approximate surface area is 121 Å². The van der Waals surface area contributed by atoms with Gasteiger partial charge in [0.25, 0.3) is 0 Å². The Hall–Kier alpha value is -0.740. The van der Waals surface area contributed by atoms with E-state index in [1.165, 1.54) is 29.5 Å². The molecule has 2 aliphatic heterocycles. The Morgan fingerprint density at radius 2 is 1.74 bits per heavy atom. The van der Waals surface area contributed by atoms with E-state index in [-0.39, 0.29) is 11.5 Å². The number of halogens is 1. The van der Waals surface area contributed by atoms with Gasteiger partial charge in [0.05, 0.1) is 17.7 Å². The summed E-state index contributed by atoms with van der Waals surface area (Å²) in [6.07, 6.45) is 4.30. The molecular formula is C15H18BrNO2. The van der Waals surface area contributed by atoms with Gasteiger partial charge in [0, 0.05) is 41.0 Å². The average Bonchev–Trinajstić information content (AvgIpc) is 2.85. The summed E-state index contributed by atoms with van der Waals surface area (Å²) in [6, 6.07) is 0.173. The molecule has 2 heterocycles. The maximum Gasteiger partial charge on any atom is 0.137 e. The highest BCUT2D eigenvalue weighted by atomic mass is 79.9. The molecule has 4 rings (SSSR count). The van der Waals surface area contributed by atoms with Gasteiger partial charge < -0.3 is 15.2 Å². The third kappa shape index (κ3) is 1.47. The molecule has 1 atom stereocenters. The van der Waals surface area contributed by atoms with E-state index in [4.69, 9.17) is 15.2 Å². The molecule has 0 bridgehead atoms. The van der Waals surface area contributed by atoms with Crippen LogP contribution in [0.1, 0.15) is 36.5 Å². The van der Waals surface area contributed by atoms with Crippen LogP contribution in [0.2, 0.25) is 0 Å². The summed E-state index contributed by atoms with van der Waals surface area (Å²) < 4.78 is 12.9. The summed E-state index contributed by atoms with van der Waals surface area (Å²) in [5, 5.41) is 0. The number of ether oxygens (including phenoxy) is 2. The third-order valence-corrected chi connectivity index (χ3v) is 5.74.